The quantitative estimate of drug-likeness (QED) is 0.773. The number of hydrogen-bond acceptors (Lipinski definition) is 2. The second-order valence-electron chi connectivity index (χ2n) is 6.62. The van der Waals surface area contributed by atoms with Crippen LogP contribution in [0.5, 0.6) is 0 Å². The molecule has 0 fully saturated rings. The molecule has 2 aromatic carbocycles. The molecule has 24 heavy (non-hydrogen) atoms. The molecule has 0 unspecified atom stereocenters. The zero-order chi connectivity index (χ0) is 17.3. The number of anilines is 1. The monoisotopic (exact) mass is 321 g/mol. The van der Waals surface area contributed by atoms with E-state index in [0.29, 0.717) is 0 Å². The molecule has 1 aromatic heterocycles. The molecule has 1 amide bonds. The number of carbonyl (C=O) groups is 1. The molecule has 0 aliphatic rings. The highest BCUT2D eigenvalue weighted by Crippen LogP contribution is 2.22. The van der Waals surface area contributed by atoms with Crippen LogP contribution in [0.1, 0.15) is 36.7 Å². The maximum absolute atomic E-state index is 12.6. The van der Waals surface area contributed by atoms with Gasteiger partial charge in [-0.25, -0.2) is 4.98 Å². The van der Waals surface area contributed by atoms with Crippen LogP contribution in [0.4, 0.5) is 5.69 Å². The molecule has 0 aliphatic carbocycles. The molecule has 3 rings (SSSR count). The molecule has 0 bridgehead atoms. The third-order valence-electron chi connectivity index (χ3n) is 4.01. The van der Waals surface area contributed by atoms with Crippen molar-refractivity contribution in [2.24, 2.45) is 0 Å². The normalized spacial score (nSPS) is 11.2. The average molecular weight is 321 g/mol. The van der Waals surface area contributed by atoms with E-state index in [1.54, 1.807) is 0 Å². The number of imidazole rings is 1. The fourth-order valence-corrected chi connectivity index (χ4v) is 3.09. The molecule has 0 saturated carbocycles. The third kappa shape index (κ3) is 3.32. The number of benzene rings is 2. The minimum atomic E-state index is -0.0370. The fraction of sp³-hybridized carbons (Fsp3) is 0.300. The van der Waals surface area contributed by atoms with Gasteiger partial charge in [-0.3, -0.25) is 4.79 Å². The van der Waals surface area contributed by atoms with E-state index < -0.39 is 0 Å². The molecule has 1 N–H and O–H groups in total. The Morgan fingerprint density at radius 2 is 1.79 bits per heavy atom. The highest BCUT2D eigenvalue weighted by Gasteiger charge is 2.16. The van der Waals surface area contributed by atoms with Crippen molar-refractivity contribution in [3.63, 3.8) is 0 Å². The topological polar surface area (TPSA) is 46.9 Å². The Bertz CT molecular complexity index is 873. The lowest BCUT2D eigenvalue weighted by Crippen LogP contribution is -2.20. The number of nitrogens with one attached hydrogen (secondary N) is 1. The van der Waals surface area contributed by atoms with Crippen LogP contribution >= 0.6 is 0 Å². The Morgan fingerprint density at radius 1 is 1.12 bits per heavy atom. The zero-order valence-corrected chi connectivity index (χ0v) is 14.6. The van der Waals surface area contributed by atoms with Crippen molar-refractivity contribution in [3.05, 3.63) is 59.4 Å². The predicted octanol–water partition coefficient (Wildman–Crippen LogP) is 4.42. The highest BCUT2D eigenvalue weighted by molar-refractivity contribution is 5.92. The molecule has 4 nitrogen and oxygen atoms in total. The molecule has 0 aliphatic heterocycles. The zero-order valence-electron chi connectivity index (χ0n) is 14.6. The van der Waals surface area contributed by atoms with Crippen LogP contribution in [0.15, 0.2) is 42.5 Å². The van der Waals surface area contributed by atoms with Crippen molar-refractivity contribution in [3.8, 4) is 0 Å². The van der Waals surface area contributed by atoms with Gasteiger partial charge in [-0.15, -0.1) is 0 Å². The first kappa shape index (κ1) is 16.2. The summed E-state index contributed by atoms with van der Waals surface area (Å²) in [7, 11) is 0. The van der Waals surface area contributed by atoms with Crippen LogP contribution in [-0.2, 0) is 11.3 Å². The van der Waals surface area contributed by atoms with E-state index in [1.807, 2.05) is 54.8 Å². The largest absolute Gasteiger partial charge is 0.325 e. The lowest BCUT2D eigenvalue weighted by Gasteiger charge is -2.12. The van der Waals surface area contributed by atoms with Crippen LogP contribution < -0.4 is 5.32 Å². The summed E-state index contributed by atoms with van der Waals surface area (Å²) >= 11 is 0. The third-order valence-corrected chi connectivity index (χ3v) is 4.01. The van der Waals surface area contributed by atoms with Crippen LogP contribution in [0.2, 0.25) is 0 Å². The first-order valence-corrected chi connectivity index (χ1v) is 8.27. The van der Waals surface area contributed by atoms with Gasteiger partial charge < -0.3 is 9.88 Å². The summed E-state index contributed by atoms with van der Waals surface area (Å²) < 4.78 is 2.01. The second kappa shape index (κ2) is 6.48. The van der Waals surface area contributed by atoms with E-state index in [9.17, 15) is 4.79 Å². The summed E-state index contributed by atoms with van der Waals surface area (Å²) in [4.78, 5) is 17.2. The number of rotatable bonds is 4. The smallest absolute Gasteiger partial charge is 0.244 e. The number of aryl methyl sites for hydroxylation is 2. The summed E-state index contributed by atoms with van der Waals surface area (Å²) in [6, 6.07) is 14.0. The van der Waals surface area contributed by atoms with Crippen molar-refractivity contribution in [1.82, 2.24) is 9.55 Å². The number of fused-ring (bicyclic) bond motifs is 1. The maximum Gasteiger partial charge on any atom is 0.244 e. The van der Waals surface area contributed by atoms with Gasteiger partial charge in [0, 0.05) is 11.6 Å². The SMILES string of the molecule is Cc1cc(C)cc(NC(=O)Cn2c(C(C)C)nc3ccccc32)c1. The predicted molar refractivity (Wildman–Crippen MR) is 98.4 cm³/mol. The first-order chi connectivity index (χ1) is 11.4. The molecule has 0 saturated heterocycles. The Morgan fingerprint density at radius 3 is 2.46 bits per heavy atom. The minimum Gasteiger partial charge on any atom is -0.325 e. The summed E-state index contributed by atoms with van der Waals surface area (Å²) in [5.74, 6) is 1.16. The lowest BCUT2D eigenvalue weighted by atomic mass is 10.1. The van der Waals surface area contributed by atoms with Gasteiger partial charge in [-0.2, -0.15) is 0 Å². The molecule has 124 valence electrons. The molecule has 0 atom stereocenters. The van der Waals surface area contributed by atoms with Gasteiger partial charge in [0.15, 0.2) is 0 Å². The lowest BCUT2D eigenvalue weighted by molar-refractivity contribution is -0.116. The number of nitrogens with zero attached hydrogens (tertiary/aromatic N) is 2. The van der Waals surface area contributed by atoms with E-state index in [4.69, 9.17) is 0 Å². The Labute approximate surface area is 142 Å². The van der Waals surface area contributed by atoms with Gasteiger partial charge in [0.1, 0.15) is 12.4 Å². The molecular weight excluding hydrogens is 298 g/mol. The summed E-state index contributed by atoms with van der Waals surface area (Å²) in [6.45, 7) is 8.52. The number of para-hydroxylation sites is 2. The molecule has 3 aromatic rings. The van der Waals surface area contributed by atoms with Crippen LogP contribution in [0.3, 0.4) is 0 Å². The van der Waals surface area contributed by atoms with Crippen molar-refractivity contribution in [2.75, 3.05) is 5.32 Å². The van der Waals surface area contributed by atoms with Gasteiger partial charge in [-0.1, -0.05) is 32.0 Å². The van der Waals surface area contributed by atoms with Gasteiger partial charge in [0.2, 0.25) is 5.91 Å². The summed E-state index contributed by atoms with van der Waals surface area (Å²) in [5, 5.41) is 3.01. The van der Waals surface area contributed by atoms with Crippen molar-refractivity contribution in [2.45, 2.75) is 40.2 Å². The number of aromatic nitrogens is 2. The Hall–Kier alpha value is -2.62. The summed E-state index contributed by atoms with van der Waals surface area (Å²) in [5.41, 5.74) is 5.05. The van der Waals surface area contributed by atoms with E-state index >= 15 is 0 Å². The van der Waals surface area contributed by atoms with Crippen molar-refractivity contribution in [1.29, 1.82) is 0 Å². The molecular formula is C20H23N3O. The molecule has 4 heteroatoms. The van der Waals surface area contributed by atoms with Gasteiger partial charge >= 0.3 is 0 Å². The molecule has 0 spiro atoms. The van der Waals surface area contributed by atoms with E-state index in [2.05, 4.69) is 30.2 Å². The van der Waals surface area contributed by atoms with E-state index in [1.165, 1.54) is 0 Å². The molecule has 1 heterocycles. The fourth-order valence-electron chi connectivity index (χ4n) is 3.09. The Balaban J connectivity index is 1.88. The van der Waals surface area contributed by atoms with Crippen LogP contribution in [0.25, 0.3) is 11.0 Å². The Kier molecular flexibility index (Phi) is 4.38. The van der Waals surface area contributed by atoms with Crippen LogP contribution in [-0.4, -0.2) is 15.5 Å². The van der Waals surface area contributed by atoms with E-state index in [0.717, 1.165) is 33.7 Å². The summed E-state index contributed by atoms with van der Waals surface area (Å²) in [6.07, 6.45) is 0. The number of hydrogen-bond donors (Lipinski definition) is 1. The standard InChI is InChI=1S/C20H23N3O/c1-13(2)20-22-17-7-5-6-8-18(17)23(20)12-19(24)21-16-10-14(3)9-15(4)11-16/h5-11,13H,12H2,1-4H3,(H,21,24). The van der Waals surface area contributed by atoms with Crippen molar-refractivity contribution >= 4 is 22.6 Å². The van der Waals surface area contributed by atoms with Gasteiger partial charge in [0.25, 0.3) is 0 Å². The first-order valence-electron chi connectivity index (χ1n) is 8.27. The number of carbonyl (C=O) groups excluding carboxylic acids is 1. The highest BCUT2D eigenvalue weighted by atomic mass is 16.1. The van der Waals surface area contributed by atoms with Gasteiger partial charge in [-0.05, 0) is 49.2 Å². The van der Waals surface area contributed by atoms with E-state index in [-0.39, 0.29) is 18.4 Å². The van der Waals surface area contributed by atoms with Gasteiger partial charge in [0.05, 0.1) is 11.0 Å². The molecule has 0 radical (unpaired) electrons. The maximum atomic E-state index is 12.6. The minimum absolute atomic E-state index is 0.0370. The average Bonchev–Trinajstić information content (AvgIpc) is 2.85. The van der Waals surface area contributed by atoms with Crippen LogP contribution in [0, 0.1) is 13.8 Å². The van der Waals surface area contributed by atoms with Crippen molar-refractivity contribution < 1.29 is 4.79 Å². The second-order valence-corrected chi connectivity index (χ2v) is 6.62. The number of amides is 1.